The second kappa shape index (κ2) is 8.80. The maximum absolute atomic E-state index is 12.7. The normalized spacial score (nSPS) is 11.0. The molecule has 1 N–H and O–H groups in total. The van der Waals surface area contributed by atoms with E-state index in [2.05, 4.69) is 4.98 Å². The first kappa shape index (κ1) is 20.4. The number of aryl methyl sites for hydroxylation is 1. The molecule has 0 aliphatic carbocycles. The van der Waals surface area contributed by atoms with Crippen molar-refractivity contribution in [2.24, 2.45) is 0 Å². The van der Waals surface area contributed by atoms with Gasteiger partial charge in [-0.05, 0) is 42.2 Å². The molecule has 0 aliphatic rings. The Morgan fingerprint density at radius 1 is 1.14 bits per heavy atom. The van der Waals surface area contributed by atoms with Crippen molar-refractivity contribution in [3.8, 4) is 0 Å². The van der Waals surface area contributed by atoms with Gasteiger partial charge in [-0.3, -0.25) is 4.79 Å². The van der Waals surface area contributed by atoms with Crippen LogP contribution in [0.25, 0.3) is 10.9 Å². The van der Waals surface area contributed by atoms with Gasteiger partial charge in [-0.15, -0.1) is 11.6 Å². The van der Waals surface area contributed by atoms with Crippen LogP contribution in [0.4, 0.5) is 0 Å². The lowest BCUT2D eigenvalue weighted by molar-refractivity contribution is 0.0600. The molecular weight excluding hydrogens is 397 g/mol. The van der Waals surface area contributed by atoms with Crippen LogP contribution in [0.3, 0.4) is 0 Å². The molecule has 4 nitrogen and oxygen atoms in total. The number of aromatic amines is 1. The number of carbonyl (C=O) groups excluding carboxylic acids is 2. The summed E-state index contributed by atoms with van der Waals surface area (Å²) in [4.78, 5) is 28.2. The average molecular weight is 418 g/mol. The Balaban J connectivity index is 2.29. The molecule has 6 heteroatoms. The number of hydrogen-bond acceptors (Lipinski definition) is 3. The SMILES string of the molecule is CCCc1[nH]c2cc(C(=O)OC)cc(Cc3ccccc3Cl)c2c1C(=O)CCl. The Hall–Kier alpha value is -2.30. The minimum atomic E-state index is -0.431. The Kier molecular flexibility index (Phi) is 6.42. The standard InChI is InChI=1S/C22H21Cl2NO3/c1-3-6-17-21(19(26)12-23)20-14(9-13-7-4-5-8-16(13)24)10-15(22(27)28-2)11-18(20)25-17/h4-5,7-8,10-11,25H,3,6,9,12H2,1-2H3. The van der Waals surface area contributed by atoms with Crippen LogP contribution in [0.5, 0.6) is 0 Å². The molecule has 1 aromatic heterocycles. The molecule has 0 unspecified atom stereocenters. The highest BCUT2D eigenvalue weighted by Crippen LogP contribution is 2.32. The molecule has 1 heterocycles. The highest BCUT2D eigenvalue weighted by Gasteiger charge is 2.22. The number of methoxy groups -OCH3 is 1. The van der Waals surface area contributed by atoms with Gasteiger partial charge in [0.05, 0.1) is 18.6 Å². The number of halogens is 2. The van der Waals surface area contributed by atoms with E-state index in [1.165, 1.54) is 7.11 Å². The number of hydrogen-bond donors (Lipinski definition) is 1. The third-order valence-corrected chi connectivity index (χ3v) is 5.33. The number of ether oxygens (including phenoxy) is 1. The van der Waals surface area contributed by atoms with E-state index < -0.39 is 5.97 Å². The van der Waals surface area contributed by atoms with Gasteiger partial charge in [0, 0.05) is 27.2 Å². The molecule has 3 aromatic rings. The van der Waals surface area contributed by atoms with E-state index in [-0.39, 0.29) is 11.7 Å². The molecule has 0 bridgehead atoms. The zero-order chi connectivity index (χ0) is 20.3. The fourth-order valence-electron chi connectivity index (χ4n) is 3.51. The predicted molar refractivity (Wildman–Crippen MR) is 113 cm³/mol. The molecule has 0 spiro atoms. The van der Waals surface area contributed by atoms with Crippen LogP contribution in [0.15, 0.2) is 36.4 Å². The molecule has 3 rings (SSSR count). The first-order valence-corrected chi connectivity index (χ1v) is 9.99. The Labute approximate surface area is 173 Å². The summed E-state index contributed by atoms with van der Waals surface area (Å²) < 4.78 is 4.90. The van der Waals surface area contributed by atoms with E-state index >= 15 is 0 Å². The topological polar surface area (TPSA) is 59.2 Å². The van der Waals surface area contributed by atoms with Gasteiger partial charge in [0.2, 0.25) is 0 Å². The predicted octanol–water partition coefficient (Wildman–Crippen LogP) is 5.57. The lowest BCUT2D eigenvalue weighted by atomic mass is 9.94. The number of carbonyl (C=O) groups is 2. The molecule has 28 heavy (non-hydrogen) atoms. The largest absolute Gasteiger partial charge is 0.465 e. The number of benzene rings is 2. The zero-order valence-corrected chi connectivity index (χ0v) is 17.3. The number of nitrogens with one attached hydrogen (secondary N) is 1. The van der Waals surface area contributed by atoms with E-state index in [0.717, 1.165) is 34.1 Å². The molecule has 0 aliphatic heterocycles. The summed E-state index contributed by atoms with van der Waals surface area (Å²) in [7, 11) is 1.35. The summed E-state index contributed by atoms with van der Waals surface area (Å²) in [5, 5.41) is 1.43. The minimum Gasteiger partial charge on any atom is -0.465 e. The monoisotopic (exact) mass is 417 g/mol. The van der Waals surface area contributed by atoms with Crippen LogP contribution in [0.2, 0.25) is 5.02 Å². The van der Waals surface area contributed by atoms with Crippen LogP contribution in [-0.4, -0.2) is 29.7 Å². The van der Waals surface area contributed by atoms with Gasteiger partial charge in [0.25, 0.3) is 0 Å². The van der Waals surface area contributed by atoms with Gasteiger partial charge in [0.1, 0.15) is 0 Å². The fourth-order valence-corrected chi connectivity index (χ4v) is 3.84. The third-order valence-electron chi connectivity index (χ3n) is 4.72. The Morgan fingerprint density at radius 2 is 1.89 bits per heavy atom. The van der Waals surface area contributed by atoms with Crippen LogP contribution < -0.4 is 0 Å². The first-order valence-electron chi connectivity index (χ1n) is 9.08. The molecular formula is C22H21Cl2NO3. The molecule has 0 atom stereocenters. The van der Waals surface area contributed by atoms with Crippen molar-refractivity contribution < 1.29 is 14.3 Å². The summed E-state index contributed by atoms with van der Waals surface area (Å²) in [5.74, 6) is -0.671. The quantitative estimate of drug-likeness (QED) is 0.310. The van der Waals surface area contributed by atoms with Gasteiger partial charge < -0.3 is 9.72 Å². The number of aromatic nitrogens is 1. The number of esters is 1. The van der Waals surface area contributed by atoms with Crippen LogP contribution in [0, 0.1) is 0 Å². The van der Waals surface area contributed by atoms with Crippen molar-refractivity contribution in [1.82, 2.24) is 4.98 Å². The summed E-state index contributed by atoms with van der Waals surface area (Å²) >= 11 is 12.3. The first-order chi connectivity index (χ1) is 13.5. The van der Waals surface area contributed by atoms with Crippen molar-refractivity contribution >= 4 is 45.9 Å². The van der Waals surface area contributed by atoms with E-state index in [9.17, 15) is 9.59 Å². The number of H-pyrrole nitrogens is 1. The lowest BCUT2D eigenvalue weighted by Gasteiger charge is -2.10. The number of rotatable bonds is 7. The molecule has 0 amide bonds. The number of alkyl halides is 1. The average Bonchev–Trinajstić information content (AvgIpc) is 3.07. The zero-order valence-electron chi connectivity index (χ0n) is 15.8. The molecule has 0 saturated carbocycles. The maximum Gasteiger partial charge on any atom is 0.337 e. The molecule has 0 saturated heterocycles. The van der Waals surface area contributed by atoms with Crippen LogP contribution >= 0.6 is 23.2 Å². The Morgan fingerprint density at radius 3 is 2.54 bits per heavy atom. The molecule has 0 fully saturated rings. The molecule has 0 radical (unpaired) electrons. The van der Waals surface area contributed by atoms with E-state index in [1.54, 1.807) is 12.1 Å². The van der Waals surface area contributed by atoms with Gasteiger partial charge in [-0.1, -0.05) is 43.1 Å². The van der Waals surface area contributed by atoms with Gasteiger partial charge in [-0.2, -0.15) is 0 Å². The van der Waals surface area contributed by atoms with Crippen LogP contribution in [0.1, 0.15) is 50.9 Å². The van der Waals surface area contributed by atoms with Gasteiger partial charge in [-0.25, -0.2) is 4.79 Å². The minimum absolute atomic E-state index is 0.103. The van der Waals surface area contributed by atoms with Crippen molar-refractivity contribution in [3.05, 3.63) is 69.4 Å². The molecule has 2 aromatic carbocycles. The summed E-state index contributed by atoms with van der Waals surface area (Å²) in [6.45, 7) is 2.05. The lowest BCUT2D eigenvalue weighted by Crippen LogP contribution is -2.06. The van der Waals surface area contributed by atoms with Crippen LogP contribution in [-0.2, 0) is 17.6 Å². The van der Waals surface area contributed by atoms with Crippen molar-refractivity contribution in [2.75, 3.05) is 13.0 Å². The van der Waals surface area contributed by atoms with E-state index in [4.69, 9.17) is 27.9 Å². The number of Topliss-reactive ketones (excluding diaryl/α,β-unsaturated/α-hetero) is 1. The van der Waals surface area contributed by atoms with E-state index in [1.807, 2.05) is 31.2 Å². The van der Waals surface area contributed by atoms with Gasteiger partial charge in [0.15, 0.2) is 5.78 Å². The second-order valence-electron chi connectivity index (χ2n) is 6.60. The summed E-state index contributed by atoms with van der Waals surface area (Å²) in [5.41, 5.74) is 4.33. The highest BCUT2D eigenvalue weighted by atomic mass is 35.5. The fraction of sp³-hybridized carbons (Fsp3) is 0.273. The van der Waals surface area contributed by atoms with Gasteiger partial charge >= 0.3 is 5.97 Å². The highest BCUT2D eigenvalue weighted by molar-refractivity contribution is 6.32. The number of fused-ring (bicyclic) bond motifs is 1. The summed E-state index contributed by atoms with van der Waals surface area (Å²) in [6, 6.07) is 11.0. The van der Waals surface area contributed by atoms with Crippen molar-refractivity contribution in [3.63, 3.8) is 0 Å². The van der Waals surface area contributed by atoms with Crippen molar-refractivity contribution in [1.29, 1.82) is 0 Å². The molecule has 146 valence electrons. The van der Waals surface area contributed by atoms with E-state index in [0.29, 0.717) is 29.0 Å². The smallest absolute Gasteiger partial charge is 0.337 e. The Bertz CT molecular complexity index is 1040. The van der Waals surface area contributed by atoms with Crippen molar-refractivity contribution in [2.45, 2.75) is 26.2 Å². The third kappa shape index (κ3) is 3.94. The maximum atomic E-state index is 12.7. The number of ketones is 1. The summed E-state index contributed by atoms with van der Waals surface area (Å²) in [6.07, 6.45) is 2.07. The second-order valence-corrected chi connectivity index (χ2v) is 7.28.